The van der Waals surface area contributed by atoms with Gasteiger partial charge in [0, 0.05) is 25.4 Å². The Morgan fingerprint density at radius 1 is 1.41 bits per heavy atom. The van der Waals surface area contributed by atoms with Gasteiger partial charge in [0.15, 0.2) is 0 Å². The zero-order valence-electron chi connectivity index (χ0n) is 9.85. The van der Waals surface area contributed by atoms with Gasteiger partial charge in [0.25, 0.3) is 0 Å². The minimum Gasteiger partial charge on any atom is -0.349 e. The van der Waals surface area contributed by atoms with Crippen molar-refractivity contribution in [2.75, 3.05) is 12.3 Å². The molecular weight excluding hydrogens is 238 g/mol. The largest absolute Gasteiger partial charge is 0.349 e. The SMILES string of the molecule is O=S(=O)(CC1CCCC1)NCCc1ncc[nH]1. The van der Waals surface area contributed by atoms with Crippen LogP contribution in [0.5, 0.6) is 0 Å². The van der Waals surface area contributed by atoms with Crippen molar-refractivity contribution in [3.05, 3.63) is 18.2 Å². The lowest BCUT2D eigenvalue weighted by Gasteiger charge is -2.10. The highest BCUT2D eigenvalue weighted by molar-refractivity contribution is 7.89. The number of hydrogen-bond donors (Lipinski definition) is 2. The fraction of sp³-hybridized carbons (Fsp3) is 0.727. The van der Waals surface area contributed by atoms with Crippen LogP contribution in [0.4, 0.5) is 0 Å². The highest BCUT2D eigenvalue weighted by Gasteiger charge is 2.21. The second-order valence-corrected chi connectivity index (χ2v) is 6.46. The van der Waals surface area contributed by atoms with E-state index in [0.717, 1.165) is 18.7 Å². The van der Waals surface area contributed by atoms with Crippen LogP contribution < -0.4 is 4.72 Å². The van der Waals surface area contributed by atoms with Crippen LogP contribution in [-0.2, 0) is 16.4 Å². The standard InChI is InChI=1S/C11H19N3O2S/c15-17(16,9-10-3-1-2-4-10)14-6-5-11-12-7-8-13-11/h7-8,10,14H,1-6,9H2,(H,12,13). The number of rotatable bonds is 6. The lowest BCUT2D eigenvalue weighted by atomic mass is 10.1. The smallest absolute Gasteiger partial charge is 0.211 e. The average molecular weight is 257 g/mol. The molecular formula is C11H19N3O2S. The Morgan fingerprint density at radius 3 is 2.82 bits per heavy atom. The summed E-state index contributed by atoms with van der Waals surface area (Å²) < 4.78 is 26.2. The van der Waals surface area contributed by atoms with E-state index in [2.05, 4.69) is 14.7 Å². The number of nitrogens with one attached hydrogen (secondary N) is 2. The van der Waals surface area contributed by atoms with E-state index in [1.807, 2.05) is 0 Å². The van der Waals surface area contributed by atoms with E-state index < -0.39 is 10.0 Å². The molecule has 2 N–H and O–H groups in total. The van der Waals surface area contributed by atoms with Crippen molar-refractivity contribution in [2.45, 2.75) is 32.1 Å². The second kappa shape index (κ2) is 5.64. The minimum absolute atomic E-state index is 0.283. The maximum Gasteiger partial charge on any atom is 0.211 e. The summed E-state index contributed by atoms with van der Waals surface area (Å²) in [7, 11) is -3.11. The van der Waals surface area contributed by atoms with Crippen molar-refractivity contribution >= 4 is 10.0 Å². The van der Waals surface area contributed by atoms with Crippen LogP contribution >= 0.6 is 0 Å². The number of nitrogens with zero attached hydrogens (tertiary/aromatic N) is 1. The van der Waals surface area contributed by atoms with E-state index in [-0.39, 0.29) is 5.75 Å². The summed E-state index contributed by atoms with van der Waals surface area (Å²) >= 11 is 0. The first-order valence-corrected chi connectivity index (χ1v) is 7.76. The maximum absolute atomic E-state index is 11.8. The monoisotopic (exact) mass is 257 g/mol. The Labute approximate surface area is 102 Å². The molecule has 6 heteroatoms. The molecule has 0 aliphatic heterocycles. The van der Waals surface area contributed by atoms with Gasteiger partial charge >= 0.3 is 0 Å². The number of imidazole rings is 1. The van der Waals surface area contributed by atoms with Crippen LogP contribution in [-0.4, -0.2) is 30.7 Å². The zero-order chi connectivity index (χ0) is 12.1. The summed E-state index contributed by atoms with van der Waals surface area (Å²) in [4.78, 5) is 7.00. The van der Waals surface area contributed by atoms with E-state index in [1.54, 1.807) is 12.4 Å². The number of sulfonamides is 1. The van der Waals surface area contributed by atoms with Gasteiger partial charge in [0.05, 0.1) is 5.75 Å². The molecule has 1 aliphatic carbocycles. The third-order valence-corrected chi connectivity index (χ3v) is 4.72. The highest BCUT2D eigenvalue weighted by atomic mass is 32.2. The van der Waals surface area contributed by atoms with Gasteiger partial charge in [-0.3, -0.25) is 0 Å². The lowest BCUT2D eigenvalue weighted by molar-refractivity contribution is 0.547. The van der Waals surface area contributed by atoms with Gasteiger partial charge < -0.3 is 4.98 Å². The predicted octanol–water partition coefficient (Wildman–Crippen LogP) is 1.06. The van der Waals surface area contributed by atoms with Gasteiger partial charge in [-0.1, -0.05) is 12.8 Å². The van der Waals surface area contributed by atoms with E-state index in [4.69, 9.17) is 0 Å². The first-order valence-electron chi connectivity index (χ1n) is 6.11. The van der Waals surface area contributed by atoms with Crippen molar-refractivity contribution in [1.29, 1.82) is 0 Å². The highest BCUT2D eigenvalue weighted by Crippen LogP contribution is 2.25. The van der Waals surface area contributed by atoms with Crippen molar-refractivity contribution < 1.29 is 8.42 Å². The second-order valence-electron chi connectivity index (χ2n) is 4.61. The topological polar surface area (TPSA) is 74.8 Å². The first kappa shape index (κ1) is 12.6. The fourth-order valence-electron chi connectivity index (χ4n) is 2.31. The first-order chi connectivity index (χ1) is 8.16. The van der Waals surface area contributed by atoms with Gasteiger partial charge in [-0.15, -0.1) is 0 Å². The summed E-state index contributed by atoms with van der Waals surface area (Å²) in [5, 5.41) is 0. The third kappa shape index (κ3) is 4.12. The molecule has 1 aliphatic rings. The number of H-pyrrole nitrogens is 1. The molecule has 0 atom stereocenters. The summed E-state index contributed by atoms with van der Waals surface area (Å²) in [5.74, 6) is 1.45. The van der Waals surface area contributed by atoms with Crippen molar-refractivity contribution in [3.8, 4) is 0 Å². The molecule has 0 saturated heterocycles. The minimum atomic E-state index is -3.11. The van der Waals surface area contributed by atoms with Gasteiger partial charge in [0.2, 0.25) is 10.0 Å². The van der Waals surface area contributed by atoms with Crippen LogP contribution in [0.1, 0.15) is 31.5 Å². The van der Waals surface area contributed by atoms with E-state index >= 15 is 0 Å². The quantitative estimate of drug-likeness (QED) is 0.800. The van der Waals surface area contributed by atoms with Crippen LogP contribution in [0.2, 0.25) is 0 Å². The van der Waals surface area contributed by atoms with Gasteiger partial charge in [-0.25, -0.2) is 18.1 Å². The molecule has 0 spiro atoms. The molecule has 17 heavy (non-hydrogen) atoms. The van der Waals surface area contributed by atoms with Crippen molar-refractivity contribution in [3.63, 3.8) is 0 Å². The van der Waals surface area contributed by atoms with Crippen LogP contribution in [0.15, 0.2) is 12.4 Å². The third-order valence-electron chi connectivity index (χ3n) is 3.17. The van der Waals surface area contributed by atoms with Crippen molar-refractivity contribution in [2.24, 2.45) is 5.92 Å². The molecule has 5 nitrogen and oxygen atoms in total. The molecule has 0 bridgehead atoms. The Hall–Kier alpha value is -0.880. The Balaban J connectivity index is 1.73. The number of aromatic amines is 1. The molecule has 0 amide bonds. The fourth-order valence-corrected chi connectivity index (χ4v) is 3.79. The molecule has 96 valence electrons. The summed E-state index contributed by atoms with van der Waals surface area (Å²) in [6, 6.07) is 0. The predicted molar refractivity (Wildman–Crippen MR) is 66.0 cm³/mol. The van der Waals surface area contributed by atoms with Gasteiger partial charge in [-0.05, 0) is 18.8 Å². The van der Waals surface area contributed by atoms with E-state index in [1.165, 1.54) is 12.8 Å². The van der Waals surface area contributed by atoms with Gasteiger partial charge in [0.1, 0.15) is 5.82 Å². The molecule has 0 unspecified atom stereocenters. The summed E-state index contributed by atoms with van der Waals surface area (Å²) in [6.07, 6.45) is 8.47. The van der Waals surface area contributed by atoms with Crippen LogP contribution in [0.25, 0.3) is 0 Å². The maximum atomic E-state index is 11.8. The Morgan fingerprint density at radius 2 is 2.18 bits per heavy atom. The Bertz CT molecular complexity index is 422. The number of aromatic nitrogens is 2. The summed E-state index contributed by atoms with van der Waals surface area (Å²) in [5.41, 5.74) is 0. The molecule has 2 rings (SSSR count). The molecule has 1 aromatic heterocycles. The van der Waals surface area contributed by atoms with Crippen molar-refractivity contribution in [1.82, 2.24) is 14.7 Å². The lowest BCUT2D eigenvalue weighted by Crippen LogP contribution is -2.31. The molecule has 1 heterocycles. The molecule has 1 aromatic rings. The Kier molecular flexibility index (Phi) is 4.17. The van der Waals surface area contributed by atoms with E-state index in [0.29, 0.717) is 18.9 Å². The van der Waals surface area contributed by atoms with Crippen LogP contribution in [0, 0.1) is 5.92 Å². The zero-order valence-corrected chi connectivity index (χ0v) is 10.7. The van der Waals surface area contributed by atoms with Crippen LogP contribution in [0.3, 0.4) is 0 Å². The molecule has 1 fully saturated rings. The molecule has 0 aromatic carbocycles. The number of hydrogen-bond acceptors (Lipinski definition) is 3. The average Bonchev–Trinajstić information content (AvgIpc) is 2.89. The summed E-state index contributed by atoms with van der Waals surface area (Å²) in [6.45, 7) is 0.419. The molecule has 0 radical (unpaired) electrons. The molecule has 1 saturated carbocycles. The van der Waals surface area contributed by atoms with Gasteiger partial charge in [-0.2, -0.15) is 0 Å². The normalized spacial score (nSPS) is 17.6. The van der Waals surface area contributed by atoms with E-state index in [9.17, 15) is 8.42 Å².